The number of aromatic nitrogens is 1. The zero-order chi connectivity index (χ0) is 47.8. The number of alkyl halides is 2. The number of rotatable bonds is 18. The first-order chi connectivity index (χ1) is 31.4. The van der Waals surface area contributed by atoms with Crippen LogP contribution in [0.1, 0.15) is 106 Å². The monoisotopic (exact) mass is 969 g/mol. The number of aromatic amines is 1. The van der Waals surface area contributed by atoms with Gasteiger partial charge < -0.3 is 29.1 Å². The number of carbonyl (C=O) groups excluding carboxylic acids is 5. The molecule has 3 aliphatic heterocycles. The van der Waals surface area contributed by atoms with Crippen molar-refractivity contribution in [2.75, 3.05) is 37.8 Å². The van der Waals surface area contributed by atoms with E-state index in [2.05, 4.69) is 16.4 Å². The Morgan fingerprint density at radius 1 is 0.879 bits per heavy atom. The summed E-state index contributed by atoms with van der Waals surface area (Å²) in [4.78, 5) is 84.8. The fourth-order valence-electron chi connectivity index (χ4n) is 8.85. The highest BCUT2D eigenvalue weighted by Crippen LogP contribution is 2.67. The summed E-state index contributed by atoms with van der Waals surface area (Å²) in [6.45, 7) is 6.94. The van der Waals surface area contributed by atoms with E-state index in [0.29, 0.717) is 43.1 Å². The van der Waals surface area contributed by atoms with E-state index >= 15 is 8.78 Å². The third kappa shape index (κ3) is 12.4. The molecule has 0 saturated carbocycles. The Hall–Kier alpha value is -4.40. The van der Waals surface area contributed by atoms with Crippen molar-refractivity contribution < 1.29 is 46.4 Å². The Morgan fingerprint density at radius 2 is 1.53 bits per heavy atom. The molecule has 0 unspecified atom stereocenters. The number of fused-ring (bicyclic) bond motifs is 2. The molecular formula is C47H58F2N5O9PS2. The number of benzene rings is 2. The molecule has 2 N–H and O–H groups in total. The lowest BCUT2D eigenvalue weighted by Crippen LogP contribution is -2.56. The molecule has 6 rings (SSSR count). The topological polar surface area (TPSA) is 196 Å². The van der Waals surface area contributed by atoms with Crippen LogP contribution in [0.3, 0.4) is 0 Å². The van der Waals surface area contributed by atoms with Crippen molar-refractivity contribution in [3.05, 3.63) is 81.8 Å². The van der Waals surface area contributed by atoms with Crippen LogP contribution in [0.5, 0.6) is 0 Å². The number of hydrogen-bond donors (Lipinski definition) is 2. The minimum Gasteiger partial charge on any atom is -0.340 e. The van der Waals surface area contributed by atoms with E-state index in [1.165, 1.54) is 30.5 Å². The number of thioether (sulfide) groups is 2. The highest BCUT2D eigenvalue weighted by Gasteiger charge is 2.55. The first kappa shape index (κ1) is 51.0. The molecule has 19 heteroatoms. The molecule has 2 aromatic carbocycles. The SMILES string of the molecule is CC(C)CC(=O)SCCOP(=O)(OCCSC(=O)CC(C)C)C(F)(F)c1ccc2ccc(C(=O)N[C@H]3CCCC[C@H]4CC[C@@H](C(=O)N5C[C@H](c6cc[nH]c(=O)c6)[C@@H](C#N)C5)N4C3=O)cc2c1. The zero-order valence-corrected chi connectivity index (χ0v) is 40.2. The molecule has 3 amide bonds. The van der Waals surface area contributed by atoms with Gasteiger partial charge in [-0.1, -0.05) is 82.3 Å². The van der Waals surface area contributed by atoms with Crippen molar-refractivity contribution in [2.24, 2.45) is 17.8 Å². The molecule has 0 bridgehead atoms. The molecule has 3 aromatic rings. The van der Waals surface area contributed by atoms with Gasteiger partial charge in [-0.05, 0) is 78.1 Å². The van der Waals surface area contributed by atoms with E-state index in [-0.39, 0.29) is 93.9 Å². The second-order valence-corrected chi connectivity index (χ2v) is 22.4. The number of halogens is 2. The van der Waals surface area contributed by atoms with Gasteiger partial charge in [0.1, 0.15) is 12.1 Å². The van der Waals surface area contributed by atoms with Crippen LogP contribution in [-0.2, 0) is 38.5 Å². The number of H-pyrrole nitrogens is 1. The van der Waals surface area contributed by atoms with E-state index in [1.807, 2.05) is 27.7 Å². The fourth-order valence-corrected chi connectivity index (χ4v) is 12.3. The zero-order valence-electron chi connectivity index (χ0n) is 37.7. The molecule has 0 aliphatic carbocycles. The second kappa shape index (κ2) is 22.6. The van der Waals surface area contributed by atoms with Crippen molar-refractivity contribution >= 4 is 69.8 Å². The molecule has 5 atom stereocenters. The Labute approximate surface area is 392 Å². The van der Waals surface area contributed by atoms with Crippen LogP contribution in [0, 0.1) is 29.1 Å². The lowest BCUT2D eigenvalue weighted by molar-refractivity contribution is -0.146. The average molecular weight is 970 g/mol. The minimum absolute atomic E-state index is 0.0355. The molecular weight excluding hydrogens is 912 g/mol. The van der Waals surface area contributed by atoms with Gasteiger partial charge in [0.25, 0.3) is 5.91 Å². The number of nitrogens with one attached hydrogen (secondary N) is 2. The standard InChI is InChI=1S/C47H58F2N5O9PS2/c1-29(2)21-42(56)65-19-17-62-64(61,63-18-20-66-43(57)22-30(3)4)47(48,49)36-12-11-31-9-10-33(23-34(31)24-36)44(58)52-39-8-6-5-7-37-13-14-40(54(37)45(39)59)46(60)53-27-35(26-50)38(28-53)32-15-16-51-41(55)25-32/h9-12,15-16,23-25,29-30,35,37-40H,5-8,13-14,17-22,27-28H2,1-4H3,(H,51,55)(H,52,58)/t35-,37-,38+,39-,40-/m0/s1. The molecule has 3 aliphatic rings. The number of carbonyl (C=O) groups is 5. The molecule has 66 heavy (non-hydrogen) atoms. The number of amides is 3. The normalized spacial score (nSPS) is 21.4. The fraction of sp³-hybridized carbons (Fsp3) is 0.553. The summed E-state index contributed by atoms with van der Waals surface area (Å²) in [7, 11) is -5.28. The number of nitrogens with zero attached hydrogens (tertiary/aromatic N) is 3. The van der Waals surface area contributed by atoms with Gasteiger partial charge in [0.15, 0.2) is 10.2 Å². The molecule has 4 heterocycles. The van der Waals surface area contributed by atoms with Crippen molar-refractivity contribution in [3.8, 4) is 6.07 Å². The van der Waals surface area contributed by atoms with Crippen molar-refractivity contribution in [3.63, 3.8) is 0 Å². The van der Waals surface area contributed by atoms with Gasteiger partial charge in [0.2, 0.25) is 17.4 Å². The molecule has 0 spiro atoms. The quantitative estimate of drug-likeness (QED) is 0.0917. The highest BCUT2D eigenvalue weighted by atomic mass is 32.2. The van der Waals surface area contributed by atoms with E-state index in [0.717, 1.165) is 42.1 Å². The lowest BCUT2D eigenvalue weighted by Gasteiger charge is -2.36. The first-order valence-corrected chi connectivity index (χ1v) is 26.0. The Morgan fingerprint density at radius 3 is 2.17 bits per heavy atom. The number of pyridine rings is 1. The third-order valence-corrected chi connectivity index (χ3v) is 15.8. The Kier molecular flexibility index (Phi) is 17.5. The van der Waals surface area contributed by atoms with Gasteiger partial charge >= 0.3 is 13.3 Å². The number of hydrogen-bond acceptors (Lipinski definition) is 12. The molecule has 3 fully saturated rings. The van der Waals surface area contributed by atoms with Gasteiger partial charge in [0, 0.05) is 72.8 Å². The average Bonchev–Trinajstić information content (AvgIpc) is 3.90. The summed E-state index contributed by atoms with van der Waals surface area (Å²) in [6.07, 6.45) is 5.51. The smallest absolute Gasteiger partial charge is 0.340 e. The van der Waals surface area contributed by atoms with Gasteiger partial charge in [0.05, 0.1) is 25.2 Å². The maximum Gasteiger partial charge on any atom is 0.404 e. The lowest BCUT2D eigenvalue weighted by atomic mass is 9.91. The maximum absolute atomic E-state index is 16.5. The summed E-state index contributed by atoms with van der Waals surface area (Å²) in [5.41, 5.74) is -4.45. The number of likely N-dealkylation sites (tertiary alicyclic amines) is 1. The molecule has 0 radical (unpaired) electrons. The van der Waals surface area contributed by atoms with Crippen molar-refractivity contribution in [1.82, 2.24) is 20.1 Å². The summed E-state index contributed by atoms with van der Waals surface area (Å²) >= 11 is 1.78. The summed E-state index contributed by atoms with van der Waals surface area (Å²) in [5, 5.41) is 13.2. The van der Waals surface area contributed by atoms with E-state index in [9.17, 15) is 38.6 Å². The second-order valence-electron chi connectivity index (χ2n) is 18.0. The van der Waals surface area contributed by atoms with Crippen LogP contribution in [0.2, 0.25) is 0 Å². The molecule has 3 saturated heterocycles. The predicted molar refractivity (Wildman–Crippen MR) is 250 cm³/mol. The van der Waals surface area contributed by atoms with Crippen LogP contribution in [-0.4, -0.2) is 98.7 Å². The van der Waals surface area contributed by atoms with Crippen LogP contribution in [0.25, 0.3) is 10.8 Å². The number of nitriles is 1. The van der Waals surface area contributed by atoms with Gasteiger partial charge in [-0.25, -0.2) is 0 Å². The molecule has 356 valence electrons. The minimum atomic E-state index is -5.28. The van der Waals surface area contributed by atoms with Crippen LogP contribution in [0.4, 0.5) is 8.78 Å². The first-order valence-electron chi connectivity index (χ1n) is 22.5. The summed E-state index contributed by atoms with van der Waals surface area (Å²) < 4.78 is 57.9. The van der Waals surface area contributed by atoms with Crippen LogP contribution >= 0.6 is 31.1 Å². The van der Waals surface area contributed by atoms with E-state index in [1.54, 1.807) is 21.9 Å². The van der Waals surface area contributed by atoms with E-state index in [4.69, 9.17) is 9.05 Å². The van der Waals surface area contributed by atoms with Crippen LogP contribution in [0.15, 0.2) is 59.5 Å². The van der Waals surface area contributed by atoms with Gasteiger partial charge in [-0.3, -0.25) is 33.3 Å². The third-order valence-electron chi connectivity index (χ3n) is 12.1. The molecule has 1 aromatic heterocycles. The Bertz CT molecular complexity index is 2400. The molecule has 14 nitrogen and oxygen atoms in total. The van der Waals surface area contributed by atoms with Gasteiger partial charge in [-0.15, -0.1) is 0 Å². The van der Waals surface area contributed by atoms with Crippen molar-refractivity contribution in [1.29, 1.82) is 5.26 Å². The van der Waals surface area contributed by atoms with Crippen LogP contribution < -0.4 is 10.9 Å². The highest BCUT2D eigenvalue weighted by molar-refractivity contribution is 8.13. The largest absolute Gasteiger partial charge is 0.404 e. The maximum atomic E-state index is 16.5. The van der Waals surface area contributed by atoms with Crippen molar-refractivity contribution in [2.45, 2.75) is 109 Å². The summed E-state index contributed by atoms with van der Waals surface area (Å²) in [6, 6.07) is 11.5. The van der Waals surface area contributed by atoms with Gasteiger partial charge in [-0.2, -0.15) is 14.0 Å². The van der Waals surface area contributed by atoms with E-state index < -0.39 is 61.9 Å². The Balaban J connectivity index is 1.17. The summed E-state index contributed by atoms with van der Waals surface area (Å²) in [5.74, 6) is -2.09. The predicted octanol–water partition coefficient (Wildman–Crippen LogP) is 8.21.